The van der Waals surface area contributed by atoms with Gasteiger partial charge in [-0.05, 0) is 30.0 Å². The molecule has 2 aliphatic rings. The summed E-state index contributed by atoms with van der Waals surface area (Å²) in [5.41, 5.74) is 3.29. The third-order valence-electron chi connectivity index (χ3n) is 6.67. The van der Waals surface area contributed by atoms with Gasteiger partial charge in [-0.2, -0.15) is 10.1 Å². The second-order valence-electron chi connectivity index (χ2n) is 9.23. The van der Waals surface area contributed by atoms with Gasteiger partial charge in [0.1, 0.15) is 11.1 Å². The molecule has 3 atom stereocenters. The van der Waals surface area contributed by atoms with Gasteiger partial charge in [-0.15, -0.1) is 11.6 Å². The van der Waals surface area contributed by atoms with E-state index in [4.69, 9.17) is 37.8 Å². The van der Waals surface area contributed by atoms with Crippen molar-refractivity contribution in [1.82, 2.24) is 30.0 Å². The average Bonchev–Trinajstić information content (AvgIpc) is 3.41. The molecule has 12 heteroatoms. The van der Waals surface area contributed by atoms with Crippen LogP contribution in [0.15, 0.2) is 30.5 Å². The summed E-state index contributed by atoms with van der Waals surface area (Å²) in [5, 5.41) is 7.46. The van der Waals surface area contributed by atoms with E-state index in [0.717, 1.165) is 16.8 Å². The Morgan fingerprint density at radius 2 is 1.86 bits per heavy atom. The number of halogens is 2. The van der Waals surface area contributed by atoms with Crippen LogP contribution in [0.4, 0.5) is 0 Å². The summed E-state index contributed by atoms with van der Waals surface area (Å²) in [6, 6.07) is 6.79. The summed E-state index contributed by atoms with van der Waals surface area (Å²) in [5.74, 6) is -0.237. The lowest BCUT2D eigenvalue weighted by Crippen LogP contribution is -2.53. The predicted octanol–water partition coefficient (Wildman–Crippen LogP) is 3.50. The molecule has 0 bridgehead atoms. The van der Waals surface area contributed by atoms with Gasteiger partial charge in [0.15, 0.2) is 5.69 Å². The molecule has 10 nitrogen and oxygen atoms in total. The maximum absolute atomic E-state index is 14.0. The molecule has 37 heavy (non-hydrogen) atoms. The highest BCUT2D eigenvalue weighted by Crippen LogP contribution is 2.45. The van der Waals surface area contributed by atoms with Crippen LogP contribution in [0.5, 0.6) is 11.9 Å². The number of amides is 2. The highest BCUT2D eigenvalue weighted by atomic mass is 35.5. The van der Waals surface area contributed by atoms with E-state index in [9.17, 15) is 9.59 Å². The van der Waals surface area contributed by atoms with E-state index in [0.29, 0.717) is 29.4 Å². The average molecular weight is 545 g/mol. The summed E-state index contributed by atoms with van der Waals surface area (Å²) >= 11 is 12.5. The molecule has 1 fully saturated rings. The van der Waals surface area contributed by atoms with Crippen molar-refractivity contribution in [3.05, 3.63) is 58.0 Å². The van der Waals surface area contributed by atoms with E-state index < -0.39 is 11.4 Å². The SMILES string of the molecule is COc1ncc(-n2nc3c(c2C(C)C)C(c2ccc(Cl)cc2)N(C2CNC(=O)C(Cl)C2)C3=O)c(OC)n1. The number of hydrogen-bond acceptors (Lipinski definition) is 7. The lowest BCUT2D eigenvalue weighted by Gasteiger charge is -2.38. The van der Waals surface area contributed by atoms with E-state index in [1.807, 2.05) is 26.0 Å². The molecule has 1 aromatic carbocycles. The van der Waals surface area contributed by atoms with Crippen LogP contribution in [-0.4, -0.2) is 68.6 Å². The number of aromatic nitrogens is 4. The van der Waals surface area contributed by atoms with Gasteiger partial charge >= 0.3 is 6.01 Å². The minimum Gasteiger partial charge on any atom is -0.479 e. The van der Waals surface area contributed by atoms with Gasteiger partial charge in [-0.1, -0.05) is 37.6 Å². The van der Waals surface area contributed by atoms with Crippen LogP contribution in [0.25, 0.3) is 5.69 Å². The van der Waals surface area contributed by atoms with Crippen molar-refractivity contribution >= 4 is 35.0 Å². The lowest BCUT2D eigenvalue weighted by molar-refractivity contribution is -0.122. The van der Waals surface area contributed by atoms with Crippen molar-refractivity contribution in [2.24, 2.45) is 0 Å². The van der Waals surface area contributed by atoms with Gasteiger partial charge in [0.2, 0.25) is 11.8 Å². The molecule has 0 saturated carbocycles. The molecule has 3 unspecified atom stereocenters. The van der Waals surface area contributed by atoms with Crippen LogP contribution in [0.3, 0.4) is 0 Å². The molecular weight excluding hydrogens is 519 g/mol. The van der Waals surface area contributed by atoms with Crippen molar-refractivity contribution in [3.8, 4) is 17.6 Å². The van der Waals surface area contributed by atoms with Gasteiger partial charge in [0.25, 0.3) is 5.91 Å². The minimum atomic E-state index is -0.726. The van der Waals surface area contributed by atoms with Crippen LogP contribution < -0.4 is 14.8 Å². The van der Waals surface area contributed by atoms with Gasteiger partial charge < -0.3 is 19.7 Å². The molecule has 4 heterocycles. The third-order valence-corrected chi connectivity index (χ3v) is 7.30. The molecule has 2 amide bonds. The van der Waals surface area contributed by atoms with Crippen LogP contribution >= 0.6 is 23.2 Å². The first kappa shape index (κ1) is 25.3. The summed E-state index contributed by atoms with van der Waals surface area (Å²) in [6.07, 6.45) is 1.90. The summed E-state index contributed by atoms with van der Waals surface area (Å²) in [6.45, 7) is 4.37. The number of carbonyl (C=O) groups is 2. The Hall–Kier alpha value is -3.37. The third kappa shape index (κ3) is 4.27. The first-order valence-electron chi connectivity index (χ1n) is 11.8. The van der Waals surface area contributed by atoms with Crippen LogP contribution in [-0.2, 0) is 4.79 Å². The molecule has 2 aliphatic heterocycles. The number of nitrogens with one attached hydrogen (secondary N) is 1. The lowest BCUT2D eigenvalue weighted by atomic mass is 9.93. The number of ether oxygens (including phenoxy) is 2. The smallest absolute Gasteiger partial charge is 0.319 e. The fraction of sp³-hybridized carbons (Fsp3) is 0.400. The highest BCUT2D eigenvalue weighted by Gasteiger charge is 2.48. The first-order valence-corrected chi connectivity index (χ1v) is 12.6. The predicted molar refractivity (Wildman–Crippen MR) is 137 cm³/mol. The molecule has 0 spiro atoms. The van der Waals surface area contributed by atoms with E-state index in [2.05, 4.69) is 15.3 Å². The van der Waals surface area contributed by atoms with Crippen molar-refractivity contribution in [3.63, 3.8) is 0 Å². The van der Waals surface area contributed by atoms with E-state index in [-0.39, 0.29) is 35.7 Å². The number of fused-ring (bicyclic) bond motifs is 1. The zero-order valence-corrected chi connectivity index (χ0v) is 22.2. The molecule has 5 rings (SSSR count). The number of hydrogen-bond donors (Lipinski definition) is 1. The second kappa shape index (κ2) is 9.83. The van der Waals surface area contributed by atoms with Crippen molar-refractivity contribution < 1.29 is 19.1 Å². The molecule has 0 radical (unpaired) electrons. The highest BCUT2D eigenvalue weighted by molar-refractivity contribution is 6.31. The maximum Gasteiger partial charge on any atom is 0.319 e. The largest absolute Gasteiger partial charge is 0.479 e. The molecule has 1 saturated heterocycles. The summed E-state index contributed by atoms with van der Waals surface area (Å²) in [7, 11) is 2.97. The fourth-order valence-electron chi connectivity index (χ4n) is 5.05. The number of piperidine rings is 1. The van der Waals surface area contributed by atoms with Gasteiger partial charge in [0, 0.05) is 17.1 Å². The van der Waals surface area contributed by atoms with Crippen molar-refractivity contribution in [2.75, 3.05) is 20.8 Å². The summed E-state index contributed by atoms with van der Waals surface area (Å²) in [4.78, 5) is 36.3. The van der Waals surface area contributed by atoms with Crippen LogP contribution in [0.2, 0.25) is 5.02 Å². The first-order chi connectivity index (χ1) is 17.7. The molecule has 1 N–H and O–H groups in total. The molecule has 2 aromatic heterocycles. The monoisotopic (exact) mass is 544 g/mol. The van der Waals surface area contributed by atoms with Crippen molar-refractivity contribution in [1.29, 1.82) is 0 Å². The zero-order valence-electron chi connectivity index (χ0n) is 20.7. The molecular formula is C25H26Cl2N6O4. The van der Waals surface area contributed by atoms with Crippen LogP contribution in [0.1, 0.15) is 59.5 Å². The quantitative estimate of drug-likeness (QED) is 0.472. The Morgan fingerprint density at radius 3 is 2.49 bits per heavy atom. The summed E-state index contributed by atoms with van der Waals surface area (Å²) < 4.78 is 12.3. The van der Waals surface area contributed by atoms with Crippen LogP contribution in [0, 0.1) is 0 Å². The Bertz CT molecular complexity index is 1360. The normalized spacial score (nSPS) is 21.3. The van der Waals surface area contributed by atoms with Gasteiger partial charge in [-0.3, -0.25) is 9.59 Å². The fourth-order valence-corrected chi connectivity index (χ4v) is 5.46. The van der Waals surface area contributed by atoms with E-state index in [1.54, 1.807) is 27.9 Å². The number of methoxy groups -OCH3 is 2. The van der Waals surface area contributed by atoms with E-state index >= 15 is 0 Å². The van der Waals surface area contributed by atoms with Crippen molar-refractivity contribution in [2.45, 2.75) is 43.6 Å². The second-order valence-corrected chi connectivity index (χ2v) is 10.2. The molecule has 0 aliphatic carbocycles. The zero-order chi connectivity index (χ0) is 26.4. The maximum atomic E-state index is 14.0. The number of alkyl halides is 1. The minimum absolute atomic E-state index is 0.0301. The van der Waals surface area contributed by atoms with Gasteiger partial charge in [0.05, 0.1) is 38.2 Å². The number of nitrogens with zero attached hydrogens (tertiary/aromatic N) is 5. The molecule has 3 aromatic rings. The topological polar surface area (TPSA) is 111 Å². The van der Waals surface area contributed by atoms with Gasteiger partial charge in [-0.25, -0.2) is 9.67 Å². The standard InChI is InChI=1S/C25H26Cl2N6O4/c1-12(2)20-18-19(31-33(20)17-11-29-25(37-4)30-23(17)36-3)24(35)32(15-9-16(27)22(34)28-10-15)21(18)13-5-7-14(26)8-6-13/h5-8,11-12,15-16,21H,9-10H2,1-4H3,(H,28,34). The molecule has 194 valence electrons. The number of carbonyl (C=O) groups excluding carboxylic acids is 2. The Labute approximate surface area is 223 Å². The Morgan fingerprint density at radius 1 is 1.14 bits per heavy atom. The number of benzene rings is 1. The Kier molecular flexibility index (Phi) is 6.72. The number of rotatable bonds is 6. The van der Waals surface area contributed by atoms with E-state index in [1.165, 1.54) is 14.2 Å². The Balaban J connectivity index is 1.70.